The Hall–Kier alpha value is -1.74. The molecule has 1 rings (SSSR count). The minimum Gasteiger partial charge on any atom is -0.469 e. The summed E-state index contributed by atoms with van der Waals surface area (Å²) >= 11 is 5.67. The maximum absolute atomic E-state index is 12.6. The lowest BCUT2D eigenvalue weighted by atomic mass is 10.1. The molecule has 0 spiro atoms. The van der Waals surface area contributed by atoms with Gasteiger partial charge < -0.3 is 4.74 Å². The monoisotopic (exact) mass is 260 g/mol. The number of hydrogen-bond acceptors (Lipinski definition) is 4. The summed E-state index contributed by atoms with van der Waals surface area (Å²) in [7, 11) is 1.16. The van der Waals surface area contributed by atoms with Crippen molar-refractivity contribution in [2.24, 2.45) is 0 Å². The molecule has 0 aliphatic heterocycles. The van der Waals surface area contributed by atoms with Crippen LogP contribution < -0.4 is 0 Å². The van der Waals surface area contributed by atoms with E-state index in [2.05, 4.69) is 9.72 Å². The number of rotatable bonds is 3. The minimum atomic E-state index is -2.91. The number of carbonyl (C=O) groups excluding carboxylic acids is 1. The molecule has 0 aliphatic carbocycles. The zero-order valence-electron chi connectivity index (χ0n) is 8.71. The Balaban J connectivity index is 3.25. The van der Waals surface area contributed by atoms with E-state index in [0.717, 1.165) is 7.11 Å². The van der Waals surface area contributed by atoms with E-state index < -0.39 is 18.1 Å². The van der Waals surface area contributed by atoms with Gasteiger partial charge in [-0.2, -0.15) is 5.26 Å². The molecule has 7 heteroatoms. The minimum absolute atomic E-state index is 0.0976. The van der Waals surface area contributed by atoms with Gasteiger partial charge in [0.25, 0.3) is 6.43 Å². The molecule has 0 unspecified atom stereocenters. The SMILES string of the molecule is COC(=O)Cc1cc(C#N)nc(C(F)F)c1Cl. The summed E-state index contributed by atoms with van der Waals surface area (Å²) in [6.07, 6.45) is -3.20. The number of aromatic nitrogens is 1. The first-order chi connectivity index (χ1) is 7.99. The molecule has 0 aromatic carbocycles. The first kappa shape index (κ1) is 13.3. The Morgan fingerprint density at radius 1 is 1.71 bits per heavy atom. The molecule has 0 saturated carbocycles. The normalized spacial score (nSPS) is 10.1. The summed E-state index contributed by atoms with van der Waals surface area (Å²) in [5, 5.41) is 8.32. The smallest absolute Gasteiger partial charge is 0.310 e. The lowest BCUT2D eigenvalue weighted by Gasteiger charge is -2.08. The summed E-state index contributed by atoms with van der Waals surface area (Å²) in [4.78, 5) is 14.4. The van der Waals surface area contributed by atoms with Crippen LogP contribution in [0.5, 0.6) is 0 Å². The first-order valence-electron chi connectivity index (χ1n) is 4.44. The van der Waals surface area contributed by atoms with Crippen LogP contribution in [0.2, 0.25) is 5.02 Å². The molecule has 0 radical (unpaired) electrons. The fraction of sp³-hybridized carbons (Fsp3) is 0.300. The average molecular weight is 261 g/mol. The number of ether oxygens (including phenoxy) is 1. The maximum atomic E-state index is 12.6. The molecule has 0 fully saturated rings. The van der Waals surface area contributed by atoms with Gasteiger partial charge in [-0.15, -0.1) is 0 Å². The van der Waals surface area contributed by atoms with Gasteiger partial charge in [-0.1, -0.05) is 11.6 Å². The Morgan fingerprint density at radius 3 is 2.82 bits per heavy atom. The van der Waals surface area contributed by atoms with Gasteiger partial charge in [0.05, 0.1) is 18.6 Å². The zero-order valence-corrected chi connectivity index (χ0v) is 9.46. The van der Waals surface area contributed by atoms with Crippen LogP contribution in [0.25, 0.3) is 0 Å². The third kappa shape index (κ3) is 3.11. The highest BCUT2D eigenvalue weighted by atomic mass is 35.5. The Morgan fingerprint density at radius 2 is 2.35 bits per heavy atom. The third-order valence-corrected chi connectivity index (χ3v) is 2.38. The molecular weight excluding hydrogens is 254 g/mol. The lowest BCUT2D eigenvalue weighted by Crippen LogP contribution is -2.07. The van der Waals surface area contributed by atoms with Crippen molar-refractivity contribution in [2.75, 3.05) is 7.11 Å². The van der Waals surface area contributed by atoms with Crippen molar-refractivity contribution in [1.82, 2.24) is 4.98 Å². The van der Waals surface area contributed by atoms with Crippen molar-refractivity contribution in [1.29, 1.82) is 5.26 Å². The first-order valence-corrected chi connectivity index (χ1v) is 4.81. The number of nitriles is 1. The molecule has 0 saturated heterocycles. The summed E-state index contributed by atoms with van der Waals surface area (Å²) in [5.41, 5.74) is -0.825. The van der Waals surface area contributed by atoms with E-state index in [1.54, 1.807) is 6.07 Å². The molecule has 0 amide bonds. The molecule has 1 aromatic rings. The zero-order chi connectivity index (χ0) is 13.0. The van der Waals surface area contributed by atoms with Crippen LogP contribution >= 0.6 is 11.6 Å². The molecule has 17 heavy (non-hydrogen) atoms. The second kappa shape index (κ2) is 5.55. The van der Waals surface area contributed by atoms with Gasteiger partial charge in [-0.05, 0) is 11.6 Å². The van der Waals surface area contributed by atoms with E-state index in [-0.39, 0.29) is 22.7 Å². The van der Waals surface area contributed by atoms with E-state index in [4.69, 9.17) is 16.9 Å². The highest BCUT2D eigenvalue weighted by Gasteiger charge is 2.20. The Bertz CT molecular complexity index is 486. The van der Waals surface area contributed by atoms with Crippen molar-refractivity contribution in [3.8, 4) is 6.07 Å². The van der Waals surface area contributed by atoms with Crippen LogP contribution in [-0.4, -0.2) is 18.1 Å². The fourth-order valence-corrected chi connectivity index (χ4v) is 1.41. The number of alkyl halides is 2. The Kier molecular flexibility index (Phi) is 4.35. The van der Waals surface area contributed by atoms with E-state index in [9.17, 15) is 13.6 Å². The number of nitrogens with zero attached hydrogens (tertiary/aromatic N) is 2. The number of pyridine rings is 1. The van der Waals surface area contributed by atoms with E-state index in [1.165, 1.54) is 6.07 Å². The number of hydrogen-bond donors (Lipinski definition) is 0. The number of halogens is 3. The number of methoxy groups -OCH3 is 1. The van der Waals surface area contributed by atoms with Crippen molar-refractivity contribution < 1.29 is 18.3 Å². The molecule has 0 aliphatic rings. The van der Waals surface area contributed by atoms with Crippen molar-refractivity contribution in [2.45, 2.75) is 12.8 Å². The second-order valence-electron chi connectivity index (χ2n) is 3.03. The number of carbonyl (C=O) groups is 1. The molecule has 4 nitrogen and oxygen atoms in total. The van der Waals surface area contributed by atoms with Crippen molar-refractivity contribution >= 4 is 17.6 Å². The number of esters is 1. The summed E-state index contributed by atoms with van der Waals surface area (Å²) in [6.45, 7) is 0. The van der Waals surface area contributed by atoms with E-state index >= 15 is 0 Å². The van der Waals surface area contributed by atoms with Crippen LogP contribution in [0.4, 0.5) is 8.78 Å². The molecule has 0 N–H and O–H groups in total. The largest absolute Gasteiger partial charge is 0.469 e. The van der Waals surface area contributed by atoms with Gasteiger partial charge in [0, 0.05) is 0 Å². The van der Waals surface area contributed by atoms with Gasteiger partial charge in [-0.25, -0.2) is 13.8 Å². The molecule has 1 heterocycles. The van der Waals surface area contributed by atoms with Crippen LogP contribution in [0.15, 0.2) is 6.07 Å². The molecule has 90 valence electrons. The third-order valence-electron chi connectivity index (χ3n) is 1.94. The molecule has 0 bridgehead atoms. The average Bonchev–Trinajstić information content (AvgIpc) is 2.31. The summed E-state index contributed by atoms with van der Waals surface area (Å²) < 4.78 is 29.5. The standard InChI is InChI=1S/C10H7ClF2N2O2/c1-17-7(16)3-5-2-6(4-14)15-9(8(5)11)10(12)13/h2,10H,3H2,1H3. The molecule has 1 aromatic heterocycles. The van der Waals surface area contributed by atoms with Gasteiger partial charge in [0.2, 0.25) is 0 Å². The predicted molar refractivity (Wildman–Crippen MR) is 54.6 cm³/mol. The van der Waals surface area contributed by atoms with Gasteiger partial charge in [0.1, 0.15) is 17.5 Å². The molecule has 0 atom stereocenters. The highest BCUT2D eigenvalue weighted by molar-refractivity contribution is 6.32. The topological polar surface area (TPSA) is 63.0 Å². The Labute approximate surface area is 101 Å². The van der Waals surface area contributed by atoms with Crippen LogP contribution in [0, 0.1) is 11.3 Å². The maximum Gasteiger partial charge on any atom is 0.310 e. The summed E-state index contributed by atoms with van der Waals surface area (Å²) in [6, 6.07) is 2.81. The van der Waals surface area contributed by atoms with E-state index in [0.29, 0.717) is 0 Å². The highest BCUT2D eigenvalue weighted by Crippen LogP contribution is 2.29. The molecular formula is C10H7ClF2N2O2. The second-order valence-corrected chi connectivity index (χ2v) is 3.41. The van der Waals surface area contributed by atoms with Crippen molar-refractivity contribution in [3.05, 3.63) is 28.0 Å². The van der Waals surface area contributed by atoms with Crippen LogP contribution in [0.1, 0.15) is 23.4 Å². The van der Waals surface area contributed by atoms with Crippen molar-refractivity contribution in [3.63, 3.8) is 0 Å². The summed E-state index contributed by atoms with van der Waals surface area (Å²) in [5.74, 6) is -0.637. The quantitative estimate of drug-likeness (QED) is 0.782. The lowest BCUT2D eigenvalue weighted by molar-refractivity contribution is -0.139. The van der Waals surface area contributed by atoms with Gasteiger partial charge >= 0.3 is 5.97 Å². The van der Waals surface area contributed by atoms with Crippen LogP contribution in [-0.2, 0) is 16.0 Å². The van der Waals surface area contributed by atoms with Crippen LogP contribution in [0.3, 0.4) is 0 Å². The van der Waals surface area contributed by atoms with Gasteiger partial charge in [0.15, 0.2) is 0 Å². The fourth-order valence-electron chi connectivity index (χ4n) is 1.16. The predicted octanol–water partition coefficient (Wildman–Crippen LogP) is 2.26. The van der Waals surface area contributed by atoms with Gasteiger partial charge in [-0.3, -0.25) is 4.79 Å². The van der Waals surface area contributed by atoms with E-state index in [1.807, 2.05) is 0 Å².